The van der Waals surface area contributed by atoms with Gasteiger partial charge in [0, 0.05) is 201 Å². The lowest BCUT2D eigenvalue weighted by molar-refractivity contribution is -0.0375. The number of alkyl halides is 1. The van der Waals surface area contributed by atoms with Crippen LogP contribution in [-0.2, 0) is 37.9 Å². The summed E-state index contributed by atoms with van der Waals surface area (Å²) in [5.41, 5.74) is 12.5. The van der Waals surface area contributed by atoms with Gasteiger partial charge in [0.1, 0.15) is 74.3 Å². The lowest BCUT2D eigenvalue weighted by atomic mass is 9.89. The first kappa shape index (κ1) is 96.0. The van der Waals surface area contributed by atoms with Crippen LogP contribution in [0.5, 0.6) is 0 Å². The second kappa shape index (κ2) is 41.3. The van der Waals surface area contributed by atoms with E-state index in [1.54, 1.807) is 118 Å². The highest BCUT2D eigenvalue weighted by atomic mass is 19.1. The molecule has 43 nitrogen and oxygen atoms in total. The van der Waals surface area contributed by atoms with Crippen molar-refractivity contribution in [1.82, 2.24) is 118 Å². The first-order chi connectivity index (χ1) is 70.3. The van der Waals surface area contributed by atoms with Crippen LogP contribution in [0.25, 0.3) is 112 Å². The number of aliphatic hydroxyl groups excluding tert-OH is 3. The Hall–Kier alpha value is -14.2. The van der Waals surface area contributed by atoms with Gasteiger partial charge in [0.05, 0.1) is 165 Å². The number of amides is 4. The molecular formula is C100H115FN28O15. The smallest absolute Gasteiger partial charge is 0.257 e. The van der Waals surface area contributed by atoms with Crippen molar-refractivity contribution in [2.75, 3.05) is 131 Å². The summed E-state index contributed by atoms with van der Waals surface area (Å²) in [5, 5.41) is 78.0. The molecule has 8 aliphatic rings. The molecule has 24 rings (SSSR count). The van der Waals surface area contributed by atoms with E-state index in [-0.39, 0.29) is 103 Å². The van der Waals surface area contributed by atoms with Crippen LogP contribution in [0.2, 0.25) is 0 Å². The van der Waals surface area contributed by atoms with Crippen molar-refractivity contribution < 1.29 is 76.8 Å². The fraction of sp³-hybridized carbons (Fsp3) is 0.440. The van der Waals surface area contributed by atoms with Crippen LogP contribution in [0, 0.1) is 0 Å². The molecule has 4 aliphatic carbocycles. The summed E-state index contributed by atoms with van der Waals surface area (Å²) in [6, 6.07) is 22.2. The Kier molecular flexibility index (Phi) is 27.5. The van der Waals surface area contributed by atoms with Gasteiger partial charge in [-0.05, 0) is 126 Å². The number of nitrogens with zero attached hydrogens (tertiary/aromatic N) is 20. The fourth-order valence-corrected chi connectivity index (χ4v) is 20.7. The maximum Gasteiger partial charge on any atom is 0.257 e. The van der Waals surface area contributed by atoms with Crippen LogP contribution < -0.4 is 42.5 Å². The Bertz CT molecular complexity index is 6580. The molecule has 0 aromatic carbocycles. The number of pyridine rings is 4. The molecule has 11 N–H and O–H groups in total. The molecule has 4 amide bonds. The standard InChI is InChI=1S/C25H28FN7O3.3C25H29N7O4/c1-27-22-10-19(30-24-15(11-29-33(22)24)25(34)31-18-5-6-21(18)35-2)16-12-32(20-7-9-36-13-17(20)26)23-14(16)4-3-8-28-23;3*1-26-22-10-18(29-24-15(11-28-32(22)24)25(34)30-17-5-6-21(17)35-2)16-12-31(19-7-9-36-13-20(19)33)23-14(16)4-3-8-27-23/h3-4,8,10-12,17-18,20-21,27H,5-7,9,13H2,1-2H3,(H,31,34);3*3-4,8,10-12,17,19-21,26,33H,5-7,9,13H2,1-2H3,(H,30,34)/t17-,18?,20-,21+;17?,19-,20-,21+;17-,19+,20+,21-;17-,19-,20-,21-/m1101/s1. The highest BCUT2D eigenvalue weighted by molar-refractivity contribution is 6.05. The molecule has 44 heteroatoms. The number of halogens is 1. The number of rotatable bonds is 24. The predicted octanol–water partition coefficient (Wildman–Crippen LogP) is 9.05. The normalized spacial score (nSPS) is 24.1. The maximum atomic E-state index is 14.8. The molecule has 0 radical (unpaired) electrons. The molecule has 4 aliphatic heterocycles. The number of aliphatic hydroxyl groups is 3. The van der Waals surface area contributed by atoms with Gasteiger partial charge in [-0.15, -0.1) is 0 Å². The topological polar surface area (TPSA) is 491 Å². The van der Waals surface area contributed by atoms with E-state index >= 15 is 0 Å². The maximum absolute atomic E-state index is 14.8. The number of hydrogen-bond acceptors (Lipinski definition) is 31. The molecule has 16 atom stereocenters. The van der Waals surface area contributed by atoms with Crippen LogP contribution in [0.3, 0.4) is 0 Å². The molecule has 2 unspecified atom stereocenters. The van der Waals surface area contributed by atoms with Crippen LogP contribution in [0.1, 0.15) is 143 Å². The highest BCUT2D eigenvalue weighted by Gasteiger charge is 2.41. The van der Waals surface area contributed by atoms with E-state index in [9.17, 15) is 38.9 Å². The SMILES string of the molecule is CNc1cc(-c2cn([C@@H]3CCOC[C@H]3F)c3ncccc23)nc2c(C(=O)NC3CC[C@@H]3OC)cnn12.CNc1cc(-c2cn([C@@H]3CCOC[C@H]3O)c3ncccc23)nc2c(C(=O)NC3CC[C@@H]3OC)cnn12.CNc1cc(-c2cn([C@@H]3CCOC[C@H]3O)c3ncccc23)nc2c(C(=O)N[C@@H]3CC[C@H]3OC)cnn12.CNc1cc(-c2cn([C@@H]3CCOC[C@H]3O)c3ncccc23)nc2c(C(=O)N[C@H]3CC[C@@H]3OC)cnn12. The van der Waals surface area contributed by atoms with E-state index in [2.05, 4.69) is 82.9 Å². The summed E-state index contributed by atoms with van der Waals surface area (Å²) in [7, 11) is 13.9. The van der Waals surface area contributed by atoms with Gasteiger partial charge in [-0.3, -0.25) is 19.2 Å². The molecule has 144 heavy (non-hydrogen) atoms. The zero-order valence-electron chi connectivity index (χ0n) is 80.8. The Morgan fingerprint density at radius 3 is 0.806 bits per heavy atom. The van der Waals surface area contributed by atoms with Crippen LogP contribution in [0.15, 0.2) is 147 Å². The summed E-state index contributed by atoms with van der Waals surface area (Å²) < 4.78 is 72.6. The average molecular weight is 1970 g/mol. The third-order valence-corrected chi connectivity index (χ3v) is 29.2. The van der Waals surface area contributed by atoms with Crippen molar-refractivity contribution in [2.24, 2.45) is 0 Å². The number of nitrogens with one attached hydrogen (secondary N) is 8. The van der Waals surface area contributed by atoms with Gasteiger partial charge >= 0.3 is 0 Å². The number of fused-ring (bicyclic) bond motifs is 8. The number of anilines is 4. The summed E-state index contributed by atoms with van der Waals surface area (Å²) in [6.45, 7) is 3.18. The first-order valence-corrected chi connectivity index (χ1v) is 48.8. The molecule has 752 valence electrons. The van der Waals surface area contributed by atoms with Crippen LogP contribution in [-0.4, -0.2) is 318 Å². The van der Waals surface area contributed by atoms with Gasteiger partial charge < -0.3 is 114 Å². The van der Waals surface area contributed by atoms with Crippen molar-refractivity contribution in [3.63, 3.8) is 0 Å². The third kappa shape index (κ3) is 18.0. The molecule has 8 fully saturated rings. The predicted molar refractivity (Wildman–Crippen MR) is 531 cm³/mol. The van der Waals surface area contributed by atoms with Crippen molar-refractivity contribution in [2.45, 2.75) is 174 Å². The molecule has 4 saturated carbocycles. The zero-order valence-corrected chi connectivity index (χ0v) is 80.8. The summed E-state index contributed by atoms with van der Waals surface area (Å²) in [4.78, 5) is 90.6. The van der Waals surface area contributed by atoms with Crippen molar-refractivity contribution in [3.8, 4) is 45.0 Å². The second-order valence-electron chi connectivity index (χ2n) is 37.2. The number of hydrogen-bond donors (Lipinski definition) is 11. The van der Waals surface area contributed by atoms with E-state index in [1.165, 1.54) is 6.20 Å². The minimum Gasteiger partial charge on any atom is -0.389 e. The van der Waals surface area contributed by atoms with Crippen molar-refractivity contribution in [3.05, 3.63) is 169 Å². The van der Waals surface area contributed by atoms with E-state index in [1.807, 2.05) is 116 Å². The van der Waals surface area contributed by atoms with E-state index in [4.69, 9.17) is 57.8 Å². The number of carbonyl (C=O) groups excluding carboxylic acids is 4. The van der Waals surface area contributed by atoms with Crippen LogP contribution in [0.4, 0.5) is 27.7 Å². The lowest BCUT2D eigenvalue weighted by Gasteiger charge is -2.35. The number of ether oxygens (including phenoxy) is 8. The molecular weight excluding hydrogens is 1850 g/mol. The Balaban J connectivity index is 0.000000113. The first-order valence-electron chi connectivity index (χ1n) is 48.8. The highest BCUT2D eigenvalue weighted by Crippen LogP contribution is 2.43. The second-order valence-corrected chi connectivity index (χ2v) is 37.2. The lowest BCUT2D eigenvalue weighted by Crippen LogP contribution is -2.51. The van der Waals surface area contributed by atoms with Gasteiger partial charge in [-0.25, -0.2) is 44.3 Å². The Labute approximate surface area is 823 Å². The monoisotopic (exact) mass is 1970 g/mol. The van der Waals surface area contributed by atoms with E-state index < -0.39 is 24.5 Å². The van der Waals surface area contributed by atoms with E-state index in [0.717, 1.165) is 112 Å². The third-order valence-electron chi connectivity index (χ3n) is 29.2. The van der Waals surface area contributed by atoms with Crippen LogP contribution >= 0.6 is 0 Å². The van der Waals surface area contributed by atoms with Gasteiger partial charge in [0.2, 0.25) is 0 Å². The number of aromatic nitrogens is 20. The number of carbonyl (C=O) groups is 4. The van der Waals surface area contributed by atoms with Crippen molar-refractivity contribution >= 4 is 114 Å². The molecule has 4 saturated heterocycles. The van der Waals surface area contributed by atoms with Gasteiger partial charge in [0.25, 0.3) is 23.6 Å². The minimum atomic E-state index is -1.12. The Morgan fingerprint density at radius 2 is 0.583 bits per heavy atom. The summed E-state index contributed by atoms with van der Waals surface area (Å²) >= 11 is 0. The van der Waals surface area contributed by atoms with E-state index in [0.29, 0.717) is 168 Å². The summed E-state index contributed by atoms with van der Waals surface area (Å²) in [5.74, 6) is 1.85. The quantitative estimate of drug-likeness (QED) is 0.0268. The molecule has 0 bridgehead atoms. The fourth-order valence-electron chi connectivity index (χ4n) is 20.7. The van der Waals surface area contributed by atoms with Crippen molar-refractivity contribution in [1.29, 1.82) is 0 Å². The largest absolute Gasteiger partial charge is 0.389 e. The Morgan fingerprint density at radius 1 is 0.340 bits per heavy atom. The molecule has 20 heterocycles. The van der Waals surface area contributed by atoms with Gasteiger partial charge in [-0.2, -0.15) is 38.5 Å². The zero-order chi connectivity index (χ0) is 99.2. The summed E-state index contributed by atoms with van der Waals surface area (Å²) in [6.07, 6.45) is 28.0. The molecule has 0 spiro atoms. The molecule has 16 aromatic rings. The minimum absolute atomic E-state index is 0.0145. The molecule has 16 aromatic heterocycles. The van der Waals surface area contributed by atoms with Gasteiger partial charge in [-0.1, -0.05) is 0 Å². The van der Waals surface area contributed by atoms with Gasteiger partial charge in [0.15, 0.2) is 22.6 Å². The average Bonchev–Trinajstić information content (AvgIpc) is 1.61. The number of methoxy groups -OCH3 is 4.